The summed E-state index contributed by atoms with van der Waals surface area (Å²) in [4.78, 5) is 19.3. The van der Waals surface area contributed by atoms with Crippen molar-refractivity contribution in [3.8, 4) is 0 Å². The van der Waals surface area contributed by atoms with Gasteiger partial charge in [-0.2, -0.15) is 0 Å². The number of aliphatic hydroxyl groups is 3. The maximum Gasteiger partial charge on any atom is 0.331 e. The number of aliphatic carboxylic acids is 1. The van der Waals surface area contributed by atoms with E-state index in [9.17, 15) is 4.79 Å². The molecule has 1 aliphatic rings. The molecule has 0 aromatic heterocycles. The van der Waals surface area contributed by atoms with Gasteiger partial charge >= 0.3 is 11.9 Å². The monoisotopic (exact) mass is 268 g/mol. The van der Waals surface area contributed by atoms with E-state index in [0.29, 0.717) is 6.10 Å². The standard InChI is InChI=1S/C5H10O4.C3H6O.C2H4O3/c1-4(7)3-9-5(8)2-6;1-3-2-4-3;3-1-2(4)5/h4,6-7H,2-3H2,1H3;3H,2H2,1H3;3H,1H2,(H,4,5). The molecule has 0 aliphatic carbocycles. The van der Waals surface area contributed by atoms with Crippen LogP contribution >= 0.6 is 0 Å². The average molecular weight is 268 g/mol. The number of carbonyl (C=O) groups is 2. The first-order valence-corrected chi connectivity index (χ1v) is 5.22. The molecule has 0 bridgehead atoms. The summed E-state index contributed by atoms with van der Waals surface area (Å²) in [5.41, 5.74) is 0. The van der Waals surface area contributed by atoms with Crippen molar-refractivity contribution in [3.63, 3.8) is 0 Å². The fourth-order valence-corrected chi connectivity index (χ4v) is 0.355. The van der Waals surface area contributed by atoms with Crippen molar-refractivity contribution in [2.45, 2.75) is 26.1 Å². The summed E-state index contributed by atoms with van der Waals surface area (Å²) in [6.45, 7) is 3.07. The van der Waals surface area contributed by atoms with Crippen LogP contribution in [0.5, 0.6) is 0 Å². The lowest BCUT2D eigenvalue weighted by Crippen LogP contribution is -2.17. The lowest BCUT2D eigenvalue weighted by atomic mass is 10.4. The van der Waals surface area contributed by atoms with E-state index < -0.39 is 31.3 Å². The third-order valence-corrected chi connectivity index (χ3v) is 1.25. The van der Waals surface area contributed by atoms with Gasteiger partial charge in [0.2, 0.25) is 0 Å². The molecule has 18 heavy (non-hydrogen) atoms. The predicted octanol–water partition coefficient (Wildman–Crippen LogP) is -1.63. The number of hydrogen-bond donors (Lipinski definition) is 4. The van der Waals surface area contributed by atoms with Gasteiger partial charge in [-0.15, -0.1) is 0 Å². The highest BCUT2D eigenvalue weighted by Crippen LogP contribution is 2.04. The minimum atomic E-state index is -1.19. The zero-order valence-electron chi connectivity index (χ0n) is 10.4. The fourth-order valence-electron chi connectivity index (χ4n) is 0.355. The van der Waals surface area contributed by atoms with Crippen LogP contribution in [0, 0.1) is 0 Å². The Balaban J connectivity index is 0. The first-order chi connectivity index (χ1) is 8.33. The number of rotatable bonds is 4. The summed E-state index contributed by atoms with van der Waals surface area (Å²) < 4.78 is 9.02. The van der Waals surface area contributed by atoms with Gasteiger partial charge in [-0.25, -0.2) is 9.59 Å². The molecule has 0 radical (unpaired) electrons. The van der Waals surface area contributed by atoms with Crippen molar-refractivity contribution in [1.29, 1.82) is 0 Å². The van der Waals surface area contributed by atoms with Gasteiger partial charge in [-0.3, -0.25) is 0 Å². The molecule has 4 N–H and O–H groups in total. The third kappa shape index (κ3) is 24.2. The molecule has 2 unspecified atom stereocenters. The second-order valence-electron chi connectivity index (χ2n) is 3.39. The van der Waals surface area contributed by atoms with Crippen molar-refractivity contribution < 1.29 is 39.5 Å². The second kappa shape index (κ2) is 12.2. The van der Waals surface area contributed by atoms with Crippen LogP contribution in [0.15, 0.2) is 0 Å². The molecule has 1 heterocycles. The largest absolute Gasteiger partial charge is 0.480 e. The number of ether oxygens (including phenoxy) is 2. The van der Waals surface area contributed by atoms with Crippen LogP contribution in [0.3, 0.4) is 0 Å². The molecule has 0 aromatic carbocycles. The van der Waals surface area contributed by atoms with Crippen LogP contribution in [0.1, 0.15) is 13.8 Å². The highest BCUT2D eigenvalue weighted by Gasteiger charge is 2.13. The number of carboxylic acids is 1. The van der Waals surface area contributed by atoms with Gasteiger partial charge < -0.3 is 29.9 Å². The van der Waals surface area contributed by atoms with E-state index in [4.69, 9.17) is 30.0 Å². The van der Waals surface area contributed by atoms with Crippen molar-refractivity contribution in [1.82, 2.24) is 0 Å². The minimum absolute atomic E-state index is 0.0562. The summed E-state index contributed by atoms with van der Waals surface area (Å²) in [7, 11) is 0. The highest BCUT2D eigenvalue weighted by molar-refractivity contribution is 5.70. The molecule has 8 nitrogen and oxygen atoms in total. The maximum absolute atomic E-state index is 10.1. The molecule has 1 fully saturated rings. The van der Waals surface area contributed by atoms with Crippen LogP contribution in [0.25, 0.3) is 0 Å². The number of esters is 1. The molecule has 0 spiro atoms. The Labute approximate surface area is 105 Å². The number of hydrogen-bond acceptors (Lipinski definition) is 7. The van der Waals surface area contributed by atoms with E-state index in [2.05, 4.69) is 11.7 Å². The predicted molar refractivity (Wildman–Crippen MR) is 59.9 cm³/mol. The van der Waals surface area contributed by atoms with Crippen LogP contribution < -0.4 is 0 Å². The Bertz CT molecular complexity index is 224. The molecule has 1 rings (SSSR count). The molecular formula is C10H20O8. The van der Waals surface area contributed by atoms with Gasteiger partial charge in [0.1, 0.15) is 19.8 Å². The zero-order chi connectivity index (χ0) is 14.6. The van der Waals surface area contributed by atoms with Gasteiger partial charge in [0.25, 0.3) is 0 Å². The zero-order valence-corrected chi connectivity index (χ0v) is 10.4. The normalized spacial score (nSPS) is 17.3. The summed E-state index contributed by atoms with van der Waals surface area (Å²) in [5, 5.41) is 31.6. The Morgan fingerprint density at radius 2 is 1.78 bits per heavy atom. The van der Waals surface area contributed by atoms with Crippen LogP contribution in [-0.2, 0) is 19.1 Å². The van der Waals surface area contributed by atoms with Crippen LogP contribution in [-0.4, -0.2) is 71.0 Å². The molecule has 0 amide bonds. The molecule has 8 heteroatoms. The quantitative estimate of drug-likeness (QED) is 0.352. The third-order valence-electron chi connectivity index (χ3n) is 1.25. The molecule has 1 saturated heterocycles. The summed E-state index contributed by atoms with van der Waals surface area (Å²) in [5.74, 6) is -1.90. The van der Waals surface area contributed by atoms with Gasteiger partial charge in [0.15, 0.2) is 0 Å². The topological polar surface area (TPSA) is 137 Å². The van der Waals surface area contributed by atoms with E-state index in [1.807, 2.05) is 0 Å². The fraction of sp³-hybridized carbons (Fsp3) is 0.800. The van der Waals surface area contributed by atoms with E-state index in [-0.39, 0.29) is 6.61 Å². The summed E-state index contributed by atoms with van der Waals surface area (Å²) >= 11 is 0. The number of carbonyl (C=O) groups excluding carboxylic acids is 1. The van der Waals surface area contributed by atoms with Crippen molar-refractivity contribution in [3.05, 3.63) is 0 Å². The molecule has 1 aliphatic heterocycles. The lowest BCUT2D eigenvalue weighted by Gasteiger charge is -2.03. The summed E-state index contributed by atoms with van der Waals surface area (Å²) in [6, 6.07) is 0. The van der Waals surface area contributed by atoms with E-state index in [1.54, 1.807) is 0 Å². The van der Waals surface area contributed by atoms with Crippen molar-refractivity contribution >= 4 is 11.9 Å². The Kier molecular flexibility index (Phi) is 13.0. The smallest absolute Gasteiger partial charge is 0.331 e. The van der Waals surface area contributed by atoms with Crippen LogP contribution in [0.4, 0.5) is 0 Å². The Morgan fingerprint density at radius 1 is 1.39 bits per heavy atom. The van der Waals surface area contributed by atoms with Crippen molar-refractivity contribution in [2.75, 3.05) is 26.4 Å². The average Bonchev–Trinajstić information content (AvgIpc) is 3.10. The van der Waals surface area contributed by atoms with Gasteiger partial charge in [0, 0.05) is 0 Å². The molecule has 2 atom stereocenters. The van der Waals surface area contributed by atoms with E-state index >= 15 is 0 Å². The Morgan fingerprint density at radius 3 is 1.94 bits per heavy atom. The SMILES string of the molecule is CC(O)COC(=O)CO.CC1CO1.O=C(O)CO. The van der Waals surface area contributed by atoms with E-state index in [0.717, 1.165) is 6.61 Å². The van der Waals surface area contributed by atoms with Gasteiger partial charge in [-0.1, -0.05) is 0 Å². The Hall–Kier alpha value is -1.22. The first-order valence-electron chi connectivity index (χ1n) is 5.22. The molecule has 108 valence electrons. The summed E-state index contributed by atoms with van der Waals surface area (Å²) in [6.07, 6.45) is -0.0829. The van der Waals surface area contributed by atoms with Crippen LogP contribution in [0.2, 0.25) is 0 Å². The maximum atomic E-state index is 10.1. The van der Waals surface area contributed by atoms with Gasteiger partial charge in [0.05, 0.1) is 18.8 Å². The van der Waals surface area contributed by atoms with Gasteiger partial charge in [-0.05, 0) is 13.8 Å². The number of carboxylic acid groups (broad SMARTS) is 1. The molecule has 0 aromatic rings. The highest BCUT2D eigenvalue weighted by atomic mass is 16.6. The number of epoxide rings is 1. The first kappa shape index (κ1) is 19.1. The minimum Gasteiger partial charge on any atom is -0.480 e. The van der Waals surface area contributed by atoms with E-state index in [1.165, 1.54) is 6.92 Å². The number of aliphatic hydroxyl groups excluding tert-OH is 3. The lowest BCUT2D eigenvalue weighted by molar-refractivity contribution is -0.149. The van der Waals surface area contributed by atoms with Crippen molar-refractivity contribution in [2.24, 2.45) is 0 Å². The molecule has 0 saturated carbocycles. The molecular weight excluding hydrogens is 248 g/mol. The second-order valence-corrected chi connectivity index (χ2v) is 3.39.